The second-order valence-electron chi connectivity index (χ2n) is 7.43. The van der Waals surface area contributed by atoms with Crippen LogP contribution in [0.15, 0.2) is 30.5 Å². The minimum atomic E-state index is -0.648. The number of amides is 1. The van der Waals surface area contributed by atoms with Crippen LogP contribution in [0.3, 0.4) is 0 Å². The predicted molar refractivity (Wildman–Crippen MR) is 105 cm³/mol. The average molecular weight is 400 g/mol. The van der Waals surface area contributed by atoms with Crippen LogP contribution >= 0.6 is 0 Å². The maximum absolute atomic E-state index is 13.0. The highest BCUT2D eigenvalue weighted by atomic mass is 19.1. The predicted octanol–water partition coefficient (Wildman–Crippen LogP) is 2.24. The van der Waals surface area contributed by atoms with Crippen molar-refractivity contribution < 1.29 is 18.7 Å². The first-order chi connectivity index (χ1) is 14.1. The smallest absolute Gasteiger partial charge is 0.260 e. The lowest BCUT2D eigenvalue weighted by atomic mass is 10.0. The molecule has 1 amide bonds. The van der Waals surface area contributed by atoms with Crippen LogP contribution in [0.1, 0.15) is 31.0 Å². The molecule has 1 atom stereocenters. The van der Waals surface area contributed by atoms with Gasteiger partial charge in [0.2, 0.25) is 5.95 Å². The summed E-state index contributed by atoms with van der Waals surface area (Å²) in [6.45, 7) is 4.55. The molecule has 0 spiro atoms. The van der Waals surface area contributed by atoms with E-state index >= 15 is 0 Å². The monoisotopic (exact) mass is 400 g/mol. The number of piperidine rings is 1. The van der Waals surface area contributed by atoms with Gasteiger partial charge in [0.15, 0.2) is 6.10 Å². The number of rotatable bonds is 5. The standard InChI is InChI=1S/C21H25FN4O3/c1-14(29-18-4-2-16(22)3-5-18)20(27)24-17-6-9-26(10-7-17)21-23-12-15-13-28-11-8-19(15)25-21/h2-5,12,14,17H,6-11,13H2,1H3,(H,24,27). The molecule has 8 heteroatoms. The minimum Gasteiger partial charge on any atom is -0.481 e. The van der Waals surface area contributed by atoms with Crippen molar-refractivity contribution in [2.45, 2.75) is 44.9 Å². The van der Waals surface area contributed by atoms with Crippen molar-refractivity contribution in [3.8, 4) is 5.75 Å². The van der Waals surface area contributed by atoms with Gasteiger partial charge in [-0.05, 0) is 44.0 Å². The van der Waals surface area contributed by atoms with Crippen molar-refractivity contribution in [1.82, 2.24) is 15.3 Å². The Morgan fingerprint density at radius 2 is 2.07 bits per heavy atom. The normalized spacial score (nSPS) is 18.1. The summed E-state index contributed by atoms with van der Waals surface area (Å²) in [5, 5.41) is 3.05. The summed E-state index contributed by atoms with van der Waals surface area (Å²) >= 11 is 0. The molecule has 0 bridgehead atoms. The Morgan fingerprint density at radius 3 is 2.83 bits per heavy atom. The summed E-state index contributed by atoms with van der Waals surface area (Å²) in [7, 11) is 0. The number of halogens is 1. The van der Waals surface area contributed by atoms with Crippen molar-refractivity contribution in [2.24, 2.45) is 0 Å². The van der Waals surface area contributed by atoms with Crippen molar-refractivity contribution in [2.75, 3.05) is 24.6 Å². The third-order valence-corrected chi connectivity index (χ3v) is 5.30. The molecule has 1 saturated heterocycles. The van der Waals surface area contributed by atoms with Crippen LogP contribution in [0.4, 0.5) is 10.3 Å². The number of fused-ring (bicyclic) bond motifs is 1. The van der Waals surface area contributed by atoms with E-state index in [1.807, 2.05) is 6.20 Å². The van der Waals surface area contributed by atoms with Gasteiger partial charge in [-0.15, -0.1) is 0 Å². The van der Waals surface area contributed by atoms with Gasteiger partial charge in [-0.2, -0.15) is 0 Å². The molecule has 7 nitrogen and oxygen atoms in total. The molecule has 4 rings (SSSR count). The van der Waals surface area contributed by atoms with Crippen LogP contribution < -0.4 is 15.0 Å². The van der Waals surface area contributed by atoms with Gasteiger partial charge in [0.1, 0.15) is 11.6 Å². The number of nitrogens with zero attached hydrogens (tertiary/aromatic N) is 3. The van der Waals surface area contributed by atoms with Gasteiger partial charge < -0.3 is 19.7 Å². The molecular weight excluding hydrogens is 375 g/mol. The zero-order valence-electron chi connectivity index (χ0n) is 16.4. The van der Waals surface area contributed by atoms with Crippen LogP contribution in [0, 0.1) is 5.82 Å². The average Bonchev–Trinajstić information content (AvgIpc) is 2.75. The van der Waals surface area contributed by atoms with E-state index in [9.17, 15) is 9.18 Å². The number of ether oxygens (including phenoxy) is 2. The number of nitrogens with one attached hydrogen (secondary N) is 1. The maximum Gasteiger partial charge on any atom is 0.260 e. The summed E-state index contributed by atoms with van der Waals surface area (Å²) in [6.07, 6.45) is 3.67. The number of hydrogen-bond donors (Lipinski definition) is 1. The van der Waals surface area contributed by atoms with E-state index < -0.39 is 6.10 Å². The van der Waals surface area contributed by atoms with Gasteiger partial charge in [-0.1, -0.05) is 0 Å². The molecule has 3 heterocycles. The van der Waals surface area contributed by atoms with Crippen molar-refractivity contribution >= 4 is 11.9 Å². The molecule has 2 aliphatic heterocycles. The topological polar surface area (TPSA) is 76.6 Å². The highest BCUT2D eigenvalue weighted by molar-refractivity contribution is 5.81. The Kier molecular flexibility index (Phi) is 5.89. The second kappa shape index (κ2) is 8.73. The maximum atomic E-state index is 13.0. The van der Waals surface area contributed by atoms with E-state index in [2.05, 4.69) is 15.2 Å². The molecule has 1 unspecified atom stereocenters. The van der Waals surface area contributed by atoms with Gasteiger partial charge in [0, 0.05) is 37.3 Å². The molecule has 0 saturated carbocycles. The first kappa shape index (κ1) is 19.6. The van der Waals surface area contributed by atoms with Crippen LogP contribution in [-0.2, 0) is 22.6 Å². The Morgan fingerprint density at radius 1 is 1.31 bits per heavy atom. The summed E-state index contributed by atoms with van der Waals surface area (Å²) in [5.41, 5.74) is 2.14. The summed E-state index contributed by atoms with van der Waals surface area (Å²) in [6, 6.07) is 5.74. The molecule has 29 heavy (non-hydrogen) atoms. The molecule has 154 valence electrons. The lowest BCUT2D eigenvalue weighted by Gasteiger charge is -2.33. The quantitative estimate of drug-likeness (QED) is 0.830. The fraction of sp³-hybridized carbons (Fsp3) is 0.476. The molecule has 1 aromatic heterocycles. The molecule has 0 radical (unpaired) electrons. The molecule has 1 aromatic carbocycles. The van der Waals surface area contributed by atoms with E-state index in [1.165, 1.54) is 24.3 Å². The van der Waals surface area contributed by atoms with Crippen molar-refractivity contribution in [1.29, 1.82) is 0 Å². The van der Waals surface area contributed by atoms with Gasteiger partial charge in [0.25, 0.3) is 5.91 Å². The van der Waals surface area contributed by atoms with E-state index in [4.69, 9.17) is 14.5 Å². The third kappa shape index (κ3) is 4.82. The largest absolute Gasteiger partial charge is 0.481 e. The molecule has 2 aromatic rings. The van der Waals surface area contributed by atoms with Gasteiger partial charge in [-0.3, -0.25) is 4.79 Å². The number of benzene rings is 1. The fourth-order valence-electron chi connectivity index (χ4n) is 3.59. The van der Waals surface area contributed by atoms with Gasteiger partial charge in [-0.25, -0.2) is 14.4 Å². The number of aromatic nitrogens is 2. The number of hydrogen-bond acceptors (Lipinski definition) is 6. The van der Waals surface area contributed by atoms with E-state index in [0.717, 1.165) is 49.6 Å². The molecule has 0 aliphatic carbocycles. The van der Waals surface area contributed by atoms with E-state index in [0.29, 0.717) is 19.0 Å². The Balaban J connectivity index is 1.27. The third-order valence-electron chi connectivity index (χ3n) is 5.30. The van der Waals surface area contributed by atoms with Gasteiger partial charge >= 0.3 is 0 Å². The minimum absolute atomic E-state index is 0.0871. The van der Waals surface area contributed by atoms with Crippen molar-refractivity contribution in [3.63, 3.8) is 0 Å². The van der Waals surface area contributed by atoms with Crippen LogP contribution in [0.25, 0.3) is 0 Å². The molecule has 2 aliphatic rings. The zero-order valence-corrected chi connectivity index (χ0v) is 16.4. The Bertz CT molecular complexity index is 854. The fourth-order valence-corrected chi connectivity index (χ4v) is 3.59. The molecule has 1 fully saturated rings. The number of anilines is 1. The first-order valence-electron chi connectivity index (χ1n) is 9.98. The highest BCUT2D eigenvalue weighted by Gasteiger charge is 2.25. The summed E-state index contributed by atoms with van der Waals surface area (Å²) in [5.74, 6) is 0.720. The lowest BCUT2D eigenvalue weighted by molar-refractivity contribution is -0.128. The lowest BCUT2D eigenvalue weighted by Crippen LogP contribution is -2.48. The Hall–Kier alpha value is -2.74. The van der Waals surface area contributed by atoms with Crippen LogP contribution in [0.5, 0.6) is 5.75 Å². The number of carbonyl (C=O) groups excluding carboxylic acids is 1. The SMILES string of the molecule is CC(Oc1ccc(F)cc1)C(=O)NC1CCN(c2ncc3c(n2)CCOC3)CC1. The van der Waals surface area contributed by atoms with E-state index in [1.54, 1.807) is 6.92 Å². The zero-order chi connectivity index (χ0) is 20.2. The summed E-state index contributed by atoms with van der Waals surface area (Å²) < 4.78 is 24.0. The molecule has 1 N–H and O–H groups in total. The van der Waals surface area contributed by atoms with E-state index in [-0.39, 0.29) is 17.8 Å². The first-order valence-corrected chi connectivity index (χ1v) is 9.98. The number of carbonyl (C=O) groups is 1. The molecular formula is C21H25FN4O3. The van der Waals surface area contributed by atoms with Crippen LogP contribution in [-0.4, -0.2) is 47.7 Å². The highest BCUT2D eigenvalue weighted by Crippen LogP contribution is 2.20. The van der Waals surface area contributed by atoms with Crippen LogP contribution in [0.2, 0.25) is 0 Å². The summed E-state index contributed by atoms with van der Waals surface area (Å²) in [4.78, 5) is 23.8. The Labute approximate surface area is 169 Å². The van der Waals surface area contributed by atoms with Gasteiger partial charge in [0.05, 0.1) is 18.9 Å². The van der Waals surface area contributed by atoms with Crippen molar-refractivity contribution in [3.05, 3.63) is 47.5 Å². The second-order valence-corrected chi connectivity index (χ2v) is 7.43.